The van der Waals surface area contributed by atoms with Crippen LogP contribution in [-0.4, -0.2) is 50.9 Å². The van der Waals surface area contributed by atoms with E-state index < -0.39 is 28.5 Å². The minimum Gasteiger partial charge on any atom is -0.497 e. The molecule has 208 valence electrons. The van der Waals surface area contributed by atoms with Crippen molar-refractivity contribution in [3.8, 4) is 5.75 Å². The third-order valence-corrected chi connectivity index (χ3v) is 8.37. The zero-order valence-corrected chi connectivity index (χ0v) is 24.9. The van der Waals surface area contributed by atoms with E-state index in [2.05, 4.69) is 21.2 Å². The molecule has 3 aromatic carbocycles. The molecule has 0 unspecified atom stereocenters. The Balaban J connectivity index is 2.04. The molecular formula is C29H34BrN3O5S. The van der Waals surface area contributed by atoms with E-state index in [0.717, 1.165) is 14.3 Å². The Hall–Kier alpha value is -3.37. The van der Waals surface area contributed by atoms with Crippen LogP contribution in [0.15, 0.2) is 88.2 Å². The number of hydrogen-bond acceptors (Lipinski definition) is 5. The monoisotopic (exact) mass is 615 g/mol. The molecule has 1 atom stereocenters. The van der Waals surface area contributed by atoms with Crippen LogP contribution in [0.25, 0.3) is 0 Å². The maximum atomic E-state index is 14.0. The molecule has 3 rings (SSSR count). The van der Waals surface area contributed by atoms with Gasteiger partial charge in [-0.2, -0.15) is 0 Å². The van der Waals surface area contributed by atoms with Crippen LogP contribution in [0.1, 0.15) is 32.8 Å². The molecule has 3 aromatic rings. The first-order chi connectivity index (χ1) is 18.6. The van der Waals surface area contributed by atoms with Gasteiger partial charge in [-0.05, 0) is 74.4 Å². The average Bonchev–Trinajstić information content (AvgIpc) is 2.92. The van der Waals surface area contributed by atoms with Gasteiger partial charge in [0.15, 0.2) is 0 Å². The highest BCUT2D eigenvalue weighted by molar-refractivity contribution is 9.10. The third kappa shape index (κ3) is 7.83. The van der Waals surface area contributed by atoms with E-state index in [0.29, 0.717) is 17.9 Å². The van der Waals surface area contributed by atoms with E-state index in [1.165, 1.54) is 17.0 Å². The molecule has 0 aromatic heterocycles. The molecule has 0 bridgehead atoms. The molecule has 0 heterocycles. The van der Waals surface area contributed by atoms with Crippen molar-refractivity contribution in [2.24, 2.45) is 0 Å². The van der Waals surface area contributed by atoms with Gasteiger partial charge in [-0.15, -0.1) is 0 Å². The first-order valence-electron chi connectivity index (χ1n) is 12.6. The van der Waals surface area contributed by atoms with Crippen LogP contribution in [0, 0.1) is 0 Å². The molecule has 0 radical (unpaired) electrons. The van der Waals surface area contributed by atoms with E-state index in [4.69, 9.17) is 4.74 Å². The fourth-order valence-electron chi connectivity index (χ4n) is 4.08. The second kappa shape index (κ2) is 13.6. The van der Waals surface area contributed by atoms with Gasteiger partial charge >= 0.3 is 0 Å². The minimum absolute atomic E-state index is 0.0621. The first kappa shape index (κ1) is 30.2. The largest absolute Gasteiger partial charge is 0.497 e. The number of nitrogens with zero attached hydrogens (tertiary/aromatic N) is 2. The summed E-state index contributed by atoms with van der Waals surface area (Å²) in [6, 6.07) is 20.9. The summed E-state index contributed by atoms with van der Waals surface area (Å²) in [5.41, 5.74) is 1.11. The third-order valence-electron chi connectivity index (χ3n) is 6.05. The summed E-state index contributed by atoms with van der Waals surface area (Å²) in [5.74, 6) is -0.133. The summed E-state index contributed by atoms with van der Waals surface area (Å²) < 4.78 is 34.6. The number of halogens is 1. The normalized spacial score (nSPS) is 12.1. The second-order valence-corrected chi connectivity index (χ2v) is 12.0. The molecule has 0 fully saturated rings. The summed E-state index contributed by atoms with van der Waals surface area (Å²) in [4.78, 5) is 28.7. The van der Waals surface area contributed by atoms with Gasteiger partial charge in [0.25, 0.3) is 10.0 Å². The minimum atomic E-state index is -4.10. The number of benzene rings is 3. The lowest BCUT2D eigenvalue weighted by Crippen LogP contribution is -2.53. The smallest absolute Gasteiger partial charge is 0.264 e. The van der Waals surface area contributed by atoms with Gasteiger partial charge in [-0.1, -0.05) is 53.2 Å². The summed E-state index contributed by atoms with van der Waals surface area (Å²) >= 11 is 3.38. The van der Waals surface area contributed by atoms with Crippen molar-refractivity contribution in [2.45, 2.75) is 50.7 Å². The summed E-state index contributed by atoms with van der Waals surface area (Å²) in [6.45, 7) is 5.16. The van der Waals surface area contributed by atoms with Crippen molar-refractivity contribution in [3.05, 3.63) is 88.9 Å². The van der Waals surface area contributed by atoms with Crippen molar-refractivity contribution in [1.29, 1.82) is 0 Å². The number of ether oxygens (including phenoxy) is 1. The van der Waals surface area contributed by atoms with E-state index >= 15 is 0 Å². The topological polar surface area (TPSA) is 96.0 Å². The molecule has 0 saturated carbocycles. The molecular weight excluding hydrogens is 582 g/mol. The summed E-state index contributed by atoms with van der Waals surface area (Å²) in [6.07, 6.45) is 0.351. The van der Waals surface area contributed by atoms with Crippen LogP contribution >= 0.6 is 15.9 Å². The van der Waals surface area contributed by atoms with Gasteiger partial charge in [0.05, 0.1) is 17.7 Å². The van der Waals surface area contributed by atoms with Gasteiger partial charge in [0.2, 0.25) is 11.8 Å². The fraction of sp³-hybridized carbons (Fsp3) is 0.310. The molecule has 0 aliphatic heterocycles. The zero-order chi connectivity index (χ0) is 28.6. The predicted octanol–water partition coefficient (Wildman–Crippen LogP) is 4.99. The highest BCUT2D eigenvalue weighted by atomic mass is 79.9. The van der Waals surface area contributed by atoms with Crippen LogP contribution in [-0.2, 0) is 26.2 Å². The Labute approximate surface area is 239 Å². The lowest BCUT2D eigenvalue weighted by molar-refractivity contribution is -0.140. The number of hydrogen-bond donors (Lipinski definition) is 1. The number of sulfonamides is 1. The Morgan fingerprint density at radius 2 is 1.56 bits per heavy atom. The summed E-state index contributed by atoms with van der Waals surface area (Å²) in [7, 11) is -2.53. The number of amides is 2. The Bertz CT molecular complexity index is 1350. The molecule has 10 heteroatoms. The summed E-state index contributed by atoms with van der Waals surface area (Å²) in [5, 5.41) is 2.89. The van der Waals surface area contributed by atoms with Gasteiger partial charge < -0.3 is 15.0 Å². The van der Waals surface area contributed by atoms with Gasteiger partial charge in [0.1, 0.15) is 18.3 Å². The molecule has 39 heavy (non-hydrogen) atoms. The van der Waals surface area contributed by atoms with E-state index in [9.17, 15) is 18.0 Å². The number of anilines is 1. The molecule has 0 spiro atoms. The van der Waals surface area contributed by atoms with E-state index in [1.807, 2.05) is 32.9 Å². The lowest BCUT2D eigenvalue weighted by atomic mass is 10.1. The molecule has 8 nitrogen and oxygen atoms in total. The maximum absolute atomic E-state index is 14.0. The predicted molar refractivity (Wildman–Crippen MR) is 156 cm³/mol. The standard InChI is InChI=1S/C29H34BrN3O5S/c1-5-27(29(35)31-21(2)3)32(19-22-11-17-25(38-4)18-12-22)28(34)20-33(24-15-13-23(30)14-16-24)39(36,37)26-9-7-6-8-10-26/h6-18,21,27H,5,19-20H2,1-4H3,(H,31,35)/t27-/m0/s1. The Morgan fingerprint density at radius 1 is 0.949 bits per heavy atom. The van der Waals surface area contributed by atoms with Gasteiger partial charge in [-0.3, -0.25) is 13.9 Å². The molecule has 0 aliphatic rings. The van der Waals surface area contributed by atoms with Crippen molar-refractivity contribution in [3.63, 3.8) is 0 Å². The molecule has 0 aliphatic carbocycles. The number of rotatable bonds is 12. The van der Waals surface area contributed by atoms with E-state index in [1.54, 1.807) is 61.7 Å². The first-order valence-corrected chi connectivity index (χ1v) is 14.9. The average molecular weight is 617 g/mol. The van der Waals surface area contributed by atoms with Crippen molar-refractivity contribution >= 4 is 43.5 Å². The van der Waals surface area contributed by atoms with Crippen LogP contribution in [0.4, 0.5) is 5.69 Å². The SMILES string of the molecule is CC[C@@H](C(=O)NC(C)C)N(Cc1ccc(OC)cc1)C(=O)CN(c1ccc(Br)cc1)S(=O)(=O)c1ccccc1. The van der Waals surface area contributed by atoms with Crippen molar-refractivity contribution in [1.82, 2.24) is 10.2 Å². The maximum Gasteiger partial charge on any atom is 0.264 e. The molecule has 0 saturated heterocycles. The van der Waals surface area contributed by atoms with E-state index in [-0.39, 0.29) is 23.4 Å². The van der Waals surface area contributed by atoms with Crippen LogP contribution in [0.2, 0.25) is 0 Å². The number of carbonyl (C=O) groups excluding carboxylic acids is 2. The Morgan fingerprint density at radius 3 is 2.10 bits per heavy atom. The lowest BCUT2D eigenvalue weighted by Gasteiger charge is -2.33. The van der Waals surface area contributed by atoms with Crippen molar-refractivity contribution in [2.75, 3.05) is 18.0 Å². The molecule has 2 amide bonds. The van der Waals surface area contributed by atoms with Crippen LogP contribution in [0.5, 0.6) is 5.75 Å². The highest BCUT2D eigenvalue weighted by Crippen LogP contribution is 2.26. The van der Waals surface area contributed by atoms with Gasteiger partial charge in [0, 0.05) is 17.1 Å². The van der Waals surface area contributed by atoms with Crippen molar-refractivity contribution < 1.29 is 22.7 Å². The Kier molecular flexibility index (Phi) is 10.5. The molecule has 1 N–H and O–H groups in total. The van der Waals surface area contributed by atoms with Gasteiger partial charge in [-0.25, -0.2) is 8.42 Å². The van der Waals surface area contributed by atoms with Crippen LogP contribution in [0.3, 0.4) is 0 Å². The number of carbonyl (C=O) groups is 2. The quantitative estimate of drug-likeness (QED) is 0.310. The number of nitrogens with one attached hydrogen (secondary N) is 1. The highest BCUT2D eigenvalue weighted by Gasteiger charge is 2.33. The number of methoxy groups -OCH3 is 1. The van der Waals surface area contributed by atoms with Crippen LogP contribution < -0.4 is 14.4 Å². The second-order valence-electron chi connectivity index (χ2n) is 9.26. The zero-order valence-electron chi connectivity index (χ0n) is 22.5. The fourth-order valence-corrected chi connectivity index (χ4v) is 5.78.